The van der Waals surface area contributed by atoms with Crippen molar-refractivity contribution in [3.05, 3.63) is 51.5 Å². The molecule has 1 aromatic heterocycles. The Labute approximate surface area is 111 Å². The van der Waals surface area contributed by atoms with Crippen molar-refractivity contribution in [1.29, 1.82) is 0 Å². The first-order valence-electron chi connectivity index (χ1n) is 5.99. The Morgan fingerprint density at radius 1 is 1.39 bits per heavy atom. The first-order chi connectivity index (χ1) is 8.61. The van der Waals surface area contributed by atoms with E-state index in [9.17, 15) is 5.11 Å². The predicted molar refractivity (Wildman–Crippen MR) is 74.8 cm³/mol. The maximum Gasteiger partial charge on any atom is 0.0978 e. The van der Waals surface area contributed by atoms with Gasteiger partial charge in [0.15, 0.2) is 0 Å². The van der Waals surface area contributed by atoms with Crippen molar-refractivity contribution in [2.24, 2.45) is 5.73 Å². The smallest absolute Gasteiger partial charge is 0.0978 e. The Morgan fingerprint density at radius 2 is 2.17 bits per heavy atom. The van der Waals surface area contributed by atoms with Gasteiger partial charge < -0.3 is 10.8 Å². The fourth-order valence-electron chi connectivity index (χ4n) is 2.06. The topological polar surface area (TPSA) is 59.1 Å². The van der Waals surface area contributed by atoms with Crippen LogP contribution in [0.15, 0.2) is 30.5 Å². The Kier molecular flexibility index (Phi) is 4.11. The molecule has 4 heteroatoms. The summed E-state index contributed by atoms with van der Waals surface area (Å²) in [7, 11) is 0. The van der Waals surface area contributed by atoms with Gasteiger partial charge in [-0.1, -0.05) is 29.8 Å². The minimum Gasteiger partial charge on any atom is -0.387 e. The lowest BCUT2D eigenvalue weighted by Gasteiger charge is -2.21. The molecule has 0 saturated carbocycles. The third kappa shape index (κ3) is 2.77. The van der Waals surface area contributed by atoms with Crippen LogP contribution in [-0.2, 0) is 0 Å². The highest BCUT2D eigenvalue weighted by Gasteiger charge is 2.23. The van der Waals surface area contributed by atoms with Crippen LogP contribution in [0.5, 0.6) is 0 Å². The van der Waals surface area contributed by atoms with E-state index in [0.29, 0.717) is 6.54 Å². The molecule has 0 amide bonds. The molecular weight excluding hydrogens is 244 g/mol. The molecule has 2 aromatic rings. The molecule has 1 heterocycles. The third-order valence-electron chi connectivity index (χ3n) is 3.04. The van der Waals surface area contributed by atoms with E-state index in [2.05, 4.69) is 11.1 Å². The molecule has 18 heavy (non-hydrogen) atoms. The number of aliphatic hydroxyl groups is 1. The highest BCUT2D eigenvalue weighted by molar-refractivity contribution is 7.11. The van der Waals surface area contributed by atoms with E-state index in [-0.39, 0.29) is 5.92 Å². The summed E-state index contributed by atoms with van der Waals surface area (Å²) in [5.74, 6) is -0.0789. The van der Waals surface area contributed by atoms with Crippen molar-refractivity contribution < 1.29 is 5.11 Å². The maximum atomic E-state index is 10.4. The molecule has 96 valence electrons. The number of aliphatic hydroxyl groups excluding tert-OH is 1. The summed E-state index contributed by atoms with van der Waals surface area (Å²) in [6.45, 7) is 4.40. The predicted octanol–water partition coefficient (Wildman–Crippen LogP) is 2.54. The lowest BCUT2D eigenvalue weighted by atomic mass is 9.92. The maximum absolute atomic E-state index is 10.4. The molecule has 2 rings (SSSR count). The van der Waals surface area contributed by atoms with E-state index >= 15 is 0 Å². The van der Waals surface area contributed by atoms with Crippen LogP contribution in [0.2, 0.25) is 0 Å². The Morgan fingerprint density at radius 3 is 2.72 bits per heavy atom. The SMILES string of the molecule is Cc1cccc(C(CN)C(O)c2cnc(C)s2)c1. The average molecular weight is 262 g/mol. The number of rotatable bonds is 4. The Hall–Kier alpha value is -1.23. The second kappa shape index (κ2) is 5.61. The summed E-state index contributed by atoms with van der Waals surface area (Å²) >= 11 is 1.52. The fourth-order valence-corrected chi connectivity index (χ4v) is 2.90. The van der Waals surface area contributed by atoms with Crippen LogP contribution in [0.1, 0.15) is 33.0 Å². The number of thiazole rings is 1. The normalized spacial score (nSPS) is 14.4. The van der Waals surface area contributed by atoms with E-state index in [0.717, 1.165) is 15.4 Å². The molecule has 1 aromatic carbocycles. The van der Waals surface area contributed by atoms with Gasteiger partial charge >= 0.3 is 0 Å². The van der Waals surface area contributed by atoms with Crippen molar-refractivity contribution in [1.82, 2.24) is 4.98 Å². The molecule has 0 aliphatic rings. The molecule has 3 nitrogen and oxygen atoms in total. The van der Waals surface area contributed by atoms with Crippen LogP contribution in [0.25, 0.3) is 0 Å². The quantitative estimate of drug-likeness (QED) is 0.890. The monoisotopic (exact) mass is 262 g/mol. The highest BCUT2D eigenvalue weighted by Crippen LogP contribution is 2.33. The summed E-state index contributed by atoms with van der Waals surface area (Å²) < 4.78 is 0. The Bertz CT molecular complexity index is 524. The van der Waals surface area contributed by atoms with Gasteiger partial charge in [-0.25, -0.2) is 4.98 Å². The van der Waals surface area contributed by atoms with Gasteiger partial charge in [0.25, 0.3) is 0 Å². The molecule has 3 N–H and O–H groups in total. The number of aromatic nitrogens is 1. The third-order valence-corrected chi connectivity index (χ3v) is 4.02. The minimum atomic E-state index is -0.581. The lowest BCUT2D eigenvalue weighted by molar-refractivity contribution is 0.151. The highest BCUT2D eigenvalue weighted by atomic mass is 32.1. The first-order valence-corrected chi connectivity index (χ1v) is 6.80. The zero-order chi connectivity index (χ0) is 13.1. The molecular formula is C14H18N2OS. The lowest BCUT2D eigenvalue weighted by Crippen LogP contribution is -2.19. The van der Waals surface area contributed by atoms with Crippen LogP contribution in [0.3, 0.4) is 0 Å². The summed E-state index contributed by atoms with van der Waals surface area (Å²) in [4.78, 5) is 5.06. The van der Waals surface area contributed by atoms with Gasteiger partial charge in [-0.15, -0.1) is 11.3 Å². The average Bonchev–Trinajstić information content (AvgIpc) is 2.77. The number of aryl methyl sites for hydroxylation is 2. The molecule has 0 saturated heterocycles. The summed E-state index contributed by atoms with van der Waals surface area (Å²) in [6, 6.07) is 8.13. The number of nitrogens with two attached hydrogens (primary N) is 1. The van der Waals surface area contributed by atoms with Gasteiger partial charge in [0.1, 0.15) is 0 Å². The van der Waals surface area contributed by atoms with Crippen LogP contribution >= 0.6 is 11.3 Å². The minimum absolute atomic E-state index is 0.0789. The molecule has 2 unspecified atom stereocenters. The van der Waals surface area contributed by atoms with Crippen molar-refractivity contribution >= 4 is 11.3 Å². The fraction of sp³-hybridized carbons (Fsp3) is 0.357. The van der Waals surface area contributed by atoms with Gasteiger partial charge in [-0.2, -0.15) is 0 Å². The first kappa shape index (κ1) is 13.2. The molecule has 0 bridgehead atoms. The number of hydrogen-bond acceptors (Lipinski definition) is 4. The Balaban J connectivity index is 2.28. The summed E-state index contributed by atoms with van der Waals surface area (Å²) in [5.41, 5.74) is 8.08. The largest absolute Gasteiger partial charge is 0.387 e. The van der Waals surface area contributed by atoms with Crippen molar-refractivity contribution in [2.45, 2.75) is 25.9 Å². The zero-order valence-electron chi connectivity index (χ0n) is 10.6. The van der Waals surface area contributed by atoms with Gasteiger partial charge in [0.2, 0.25) is 0 Å². The molecule has 0 radical (unpaired) electrons. The second-order valence-corrected chi connectivity index (χ2v) is 5.75. The van der Waals surface area contributed by atoms with E-state index in [1.54, 1.807) is 6.20 Å². The van der Waals surface area contributed by atoms with Crippen LogP contribution in [0.4, 0.5) is 0 Å². The van der Waals surface area contributed by atoms with Crippen LogP contribution < -0.4 is 5.73 Å². The van der Waals surface area contributed by atoms with Crippen molar-refractivity contribution in [2.75, 3.05) is 6.54 Å². The van der Waals surface area contributed by atoms with E-state index < -0.39 is 6.10 Å². The second-order valence-electron chi connectivity index (χ2n) is 4.48. The van der Waals surface area contributed by atoms with Crippen molar-refractivity contribution in [3.8, 4) is 0 Å². The van der Waals surface area contributed by atoms with Crippen LogP contribution in [0, 0.1) is 13.8 Å². The molecule has 0 aliphatic carbocycles. The van der Waals surface area contributed by atoms with Crippen LogP contribution in [-0.4, -0.2) is 16.6 Å². The molecule has 2 atom stereocenters. The van der Waals surface area contributed by atoms with Gasteiger partial charge in [0.05, 0.1) is 16.0 Å². The van der Waals surface area contributed by atoms with Gasteiger partial charge in [0, 0.05) is 18.7 Å². The molecule has 0 fully saturated rings. The van der Waals surface area contributed by atoms with E-state index in [1.165, 1.54) is 16.9 Å². The molecule has 0 aliphatic heterocycles. The summed E-state index contributed by atoms with van der Waals surface area (Å²) in [6.07, 6.45) is 1.16. The zero-order valence-corrected chi connectivity index (χ0v) is 11.4. The van der Waals surface area contributed by atoms with Gasteiger partial charge in [-0.05, 0) is 19.4 Å². The van der Waals surface area contributed by atoms with Gasteiger partial charge in [-0.3, -0.25) is 0 Å². The van der Waals surface area contributed by atoms with E-state index in [1.807, 2.05) is 32.0 Å². The molecule has 0 spiro atoms. The number of hydrogen-bond donors (Lipinski definition) is 2. The number of nitrogens with zero attached hydrogens (tertiary/aromatic N) is 1. The summed E-state index contributed by atoms with van der Waals surface area (Å²) in [5, 5.41) is 11.4. The number of benzene rings is 1. The standard InChI is InChI=1S/C14H18N2OS/c1-9-4-3-5-11(6-9)12(7-15)14(17)13-8-16-10(2)18-13/h3-6,8,12,14,17H,7,15H2,1-2H3. The van der Waals surface area contributed by atoms with Crippen molar-refractivity contribution in [3.63, 3.8) is 0 Å². The van der Waals surface area contributed by atoms with E-state index in [4.69, 9.17) is 5.73 Å².